The first-order chi connectivity index (χ1) is 9.20. The lowest BCUT2D eigenvalue weighted by Gasteiger charge is -2.12. The average Bonchev–Trinajstić information content (AvgIpc) is 2.42. The Morgan fingerprint density at radius 3 is 2.84 bits per heavy atom. The summed E-state index contributed by atoms with van der Waals surface area (Å²) in [5, 5.41) is 22.4. The highest BCUT2D eigenvalue weighted by Crippen LogP contribution is 2.23. The van der Waals surface area contributed by atoms with Gasteiger partial charge in [-0.25, -0.2) is 0 Å². The largest absolute Gasteiger partial charge is 0.506 e. The summed E-state index contributed by atoms with van der Waals surface area (Å²) in [5.74, 6) is 0.158. The minimum Gasteiger partial charge on any atom is -0.506 e. The third kappa shape index (κ3) is 5.14. The number of hydrogen-bond acceptors (Lipinski definition) is 5. The molecule has 0 saturated heterocycles. The van der Waals surface area contributed by atoms with Crippen LogP contribution in [-0.2, 0) is 17.9 Å². The van der Waals surface area contributed by atoms with Crippen molar-refractivity contribution in [3.8, 4) is 5.75 Å². The van der Waals surface area contributed by atoms with Crippen molar-refractivity contribution in [1.29, 1.82) is 0 Å². The minimum atomic E-state index is -0.120. The number of nitrogens with one attached hydrogen (secondary N) is 1. The molecule has 0 amide bonds. The van der Waals surface area contributed by atoms with Gasteiger partial charge in [0.15, 0.2) is 0 Å². The van der Waals surface area contributed by atoms with Gasteiger partial charge in [0, 0.05) is 37.0 Å². The number of hydrogen-bond donors (Lipinski definition) is 3. The van der Waals surface area contributed by atoms with E-state index in [9.17, 15) is 10.2 Å². The Morgan fingerprint density at radius 1 is 1.37 bits per heavy atom. The van der Waals surface area contributed by atoms with Gasteiger partial charge in [-0.15, -0.1) is 0 Å². The second-order valence-corrected chi connectivity index (χ2v) is 4.50. The van der Waals surface area contributed by atoms with Crippen LogP contribution in [-0.4, -0.2) is 35.0 Å². The second kappa shape index (κ2) is 8.85. The van der Waals surface area contributed by atoms with Crippen molar-refractivity contribution in [1.82, 2.24) is 10.3 Å². The van der Waals surface area contributed by atoms with Crippen molar-refractivity contribution < 1.29 is 14.9 Å². The molecule has 0 fully saturated rings. The number of nitrogens with zero attached hydrogens (tertiary/aromatic N) is 1. The molecule has 0 aliphatic rings. The van der Waals surface area contributed by atoms with Crippen molar-refractivity contribution in [2.24, 2.45) is 0 Å². The summed E-state index contributed by atoms with van der Waals surface area (Å²) in [5.41, 5.74) is 1.94. The van der Waals surface area contributed by atoms with Crippen LogP contribution in [0.5, 0.6) is 5.75 Å². The van der Waals surface area contributed by atoms with E-state index in [0.717, 1.165) is 26.0 Å². The van der Waals surface area contributed by atoms with E-state index < -0.39 is 0 Å². The van der Waals surface area contributed by atoms with Gasteiger partial charge in [-0.3, -0.25) is 4.98 Å². The Morgan fingerprint density at radius 2 is 2.16 bits per heavy atom. The minimum absolute atomic E-state index is 0.120. The first-order valence-electron chi connectivity index (χ1n) is 6.76. The first-order valence-corrected chi connectivity index (χ1v) is 6.76. The molecular weight excluding hydrogens is 244 g/mol. The number of aromatic hydroxyl groups is 1. The SMILES string of the molecule is CCCCOCCNCc1c(CO)cnc(C)c1O. The highest BCUT2D eigenvalue weighted by Gasteiger charge is 2.10. The summed E-state index contributed by atoms with van der Waals surface area (Å²) in [4.78, 5) is 4.03. The van der Waals surface area contributed by atoms with Gasteiger partial charge in [-0.05, 0) is 13.3 Å². The average molecular weight is 268 g/mol. The number of aliphatic hydroxyl groups is 1. The Balaban J connectivity index is 2.38. The van der Waals surface area contributed by atoms with E-state index in [1.54, 1.807) is 13.1 Å². The van der Waals surface area contributed by atoms with E-state index in [1.807, 2.05) is 0 Å². The monoisotopic (exact) mass is 268 g/mol. The Labute approximate surface area is 114 Å². The quantitative estimate of drug-likeness (QED) is 0.592. The molecule has 1 aromatic rings. The molecule has 5 nitrogen and oxygen atoms in total. The van der Waals surface area contributed by atoms with Crippen LogP contribution in [0.4, 0.5) is 0 Å². The summed E-state index contributed by atoms with van der Waals surface area (Å²) >= 11 is 0. The fraction of sp³-hybridized carbons (Fsp3) is 0.643. The summed E-state index contributed by atoms with van der Waals surface area (Å²) in [6.45, 7) is 6.42. The number of ether oxygens (including phenoxy) is 1. The van der Waals surface area contributed by atoms with Gasteiger partial charge in [-0.2, -0.15) is 0 Å². The van der Waals surface area contributed by atoms with Crippen LogP contribution in [0, 0.1) is 6.92 Å². The maximum absolute atomic E-state index is 9.94. The molecule has 0 spiro atoms. The van der Waals surface area contributed by atoms with Crippen LogP contribution in [0.2, 0.25) is 0 Å². The van der Waals surface area contributed by atoms with Crippen molar-refractivity contribution in [2.45, 2.75) is 39.8 Å². The van der Waals surface area contributed by atoms with E-state index in [2.05, 4.69) is 17.2 Å². The number of rotatable bonds is 9. The molecule has 0 aromatic carbocycles. The van der Waals surface area contributed by atoms with E-state index in [4.69, 9.17) is 4.74 Å². The second-order valence-electron chi connectivity index (χ2n) is 4.50. The smallest absolute Gasteiger partial charge is 0.141 e. The fourth-order valence-electron chi connectivity index (χ4n) is 1.72. The molecule has 5 heteroatoms. The van der Waals surface area contributed by atoms with Gasteiger partial charge in [0.25, 0.3) is 0 Å². The lowest BCUT2D eigenvalue weighted by molar-refractivity contribution is 0.132. The van der Waals surface area contributed by atoms with Crippen LogP contribution in [0.3, 0.4) is 0 Å². The number of unbranched alkanes of at least 4 members (excludes halogenated alkanes) is 1. The fourth-order valence-corrected chi connectivity index (χ4v) is 1.72. The molecule has 0 unspecified atom stereocenters. The zero-order valence-corrected chi connectivity index (χ0v) is 11.8. The van der Waals surface area contributed by atoms with Crippen LogP contribution >= 0.6 is 0 Å². The van der Waals surface area contributed by atoms with Gasteiger partial charge in [0.2, 0.25) is 0 Å². The topological polar surface area (TPSA) is 74.6 Å². The summed E-state index contributed by atoms with van der Waals surface area (Å²) in [7, 11) is 0. The molecule has 1 rings (SSSR count). The summed E-state index contributed by atoms with van der Waals surface area (Å²) in [6, 6.07) is 0. The molecule has 0 saturated carbocycles. The molecule has 0 aliphatic heterocycles. The van der Waals surface area contributed by atoms with Crippen molar-refractivity contribution in [2.75, 3.05) is 19.8 Å². The Hall–Kier alpha value is -1.17. The molecular formula is C14H24N2O3. The molecule has 3 N–H and O–H groups in total. The van der Waals surface area contributed by atoms with Gasteiger partial charge in [-0.1, -0.05) is 13.3 Å². The van der Waals surface area contributed by atoms with Crippen LogP contribution in [0.25, 0.3) is 0 Å². The van der Waals surface area contributed by atoms with Crippen molar-refractivity contribution >= 4 is 0 Å². The first kappa shape index (κ1) is 15.9. The van der Waals surface area contributed by atoms with Gasteiger partial charge >= 0.3 is 0 Å². The van der Waals surface area contributed by atoms with Crippen LogP contribution in [0.15, 0.2) is 6.20 Å². The molecule has 1 heterocycles. The normalized spacial score (nSPS) is 10.9. The Kier molecular flexibility index (Phi) is 7.40. The molecule has 0 aliphatic carbocycles. The zero-order valence-electron chi connectivity index (χ0n) is 11.8. The molecule has 0 radical (unpaired) electrons. The van der Waals surface area contributed by atoms with Gasteiger partial charge < -0.3 is 20.3 Å². The predicted octanol–water partition coefficient (Wildman–Crippen LogP) is 1.49. The predicted molar refractivity (Wildman–Crippen MR) is 74.0 cm³/mol. The van der Waals surface area contributed by atoms with Crippen molar-refractivity contribution in [3.05, 3.63) is 23.0 Å². The number of aromatic nitrogens is 1. The number of aliphatic hydroxyl groups excluding tert-OH is 1. The number of aryl methyl sites for hydroxylation is 1. The lowest BCUT2D eigenvalue weighted by Crippen LogP contribution is -2.20. The maximum atomic E-state index is 9.94. The highest BCUT2D eigenvalue weighted by atomic mass is 16.5. The summed E-state index contributed by atoms with van der Waals surface area (Å²) < 4.78 is 5.44. The lowest BCUT2D eigenvalue weighted by atomic mass is 10.1. The molecule has 108 valence electrons. The van der Waals surface area contributed by atoms with Gasteiger partial charge in [0.1, 0.15) is 5.75 Å². The highest BCUT2D eigenvalue weighted by molar-refractivity contribution is 5.40. The maximum Gasteiger partial charge on any atom is 0.141 e. The third-order valence-corrected chi connectivity index (χ3v) is 2.97. The van der Waals surface area contributed by atoms with Crippen LogP contribution in [0.1, 0.15) is 36.6 Å². The van der Waals surface area contributed by atoms with E-state index >= 15 is 0 Å². The molecule has 0 atom stereocenters. The van der Waals surface area contributed by atoms with Gasteiger partial charge in [0.05, 0.1) is 18.9 Å². The third-order valence-electron chi connectivity index (χ3n) is 2.97. The van der Waals surface area contributed by atoms with E-state index in [0.29, 0.717) is 30.0 Å². The van der Waals surface area contributed by atoms with E-state index in [-0.39, 0.29) is 12.4 Å². The standard InChI is InChI=1S/C14H24N2O3/c1-3-4-6-19-7-5-15-9-13-12(10-17)8-16-11(2)14(13)18/h8,15,17-18H,3-7,9-10H2,1-2H3. The Bertz CT molecular complexity index is 383. The number of pyridine rings is 1. The summed E-state index contributed by atoms with van der Waals surface area (Å²) in [6.07, 6.45) is 3.82. The zero-order chi connectivity index (χ0) is 14.1. The molecule has 1 aromatic heterocycles. The molecule has 19 heavy (non-hydrogen) atoms. The molecule has 0 bridgehead atoms. The van der Waals surface area contributed by atoms with Crippen LogP contribution < -0.4 is 5.32 Å². The van der Waals surface area contributed by atoms with Crippen molar-refractivity contribution in [3.63, 3.8) is 0 Å². The van der Waals surface area contributed by atoms with E-state index in [1.165, 1.54) is 0 Å².